The number of aliphatic hydroxyl groups is 2. The molecule has 1 unspecified atom stereocenters. The molecule has 3 aromatic carbocycles. The molecule has 0 radical (unpaired) electrons. The molecule has 6 N–H and O–H groups in total. The second-order valence-corrected chi connectivity index (χ2v) is 21.5. The summed E-state index contributed by atoms with van der Waals surface area (Å²) in [6.45, 7) is 16.4. The number of aliphatic hydroxyl groups excluding tert-OH is 2. The number of benzene rings is 3. The summed E-state index contributed by atoms with van der Waals surface area (Å²) in [4.78, 5) is 68.3. The number of ether oxygens (including phenoxy) is 3. The first-order chi connectivity index (χ1) is 32.9. The van der Waals surface area contributed by atoms with Crippen molar-refractivity contribution in [3.63, 3.8) is 0 Å². The molecule has 3 aromatic rings. The summed E-state index contributed by atoms with van der Waals surface area (Å²) < 4.78 is 17.1. The van der Waals surface area contributed by atoms with Crippen LogP contribution in [0.15, 0.2) is 71.7 Å². The van der Waals surface area contributed by atoms with Gasteiger partial charge < -0.3 is 40.0 Å². The van der Waals surface area contributed by atoms with Gasteiger partial charge in [-0.2, -0.15) is 5.06 Å². The third-order valence-corrected chi connectivity index (χ3v) is 13.4. The van der Waals surface area contributed by atoms with Crippen LogP contribution < -0.4 is 26.0 Å². The molecule has 1 saturated heterocycles. The molecule has 1 heterocycles. The highest BCUT2D eigenvalue weighted by atomic mass is 16.7. The molecule has 17 nitrogen and oxygen atoms in total. The van der Waals surface area contributed by atoms with Gasteiger partial charge in [-0.3, -0.25) is 25.1 Å². The molecule has 7 rings (SSSR count). The van der Waals surface area contributed by atoms with Crippen molar-refractivity contribution in [2.45, 2.75) is 130 Å². The molecule has 2 bridgehead atoms. The zero-order valence-electron chi connectivity index (χ0n) is 42.9. The summed E-state index contributed by atoms with van der Waals surface area (Å²) >= 11 is 0. The Labute approximate surface area is 413 Å². The van der Waals surface area contributed by atoms with Crippen molar-refractivity contribution in [2.75, 3.05) is 34.4 Å². The van der Waals surface area contributed by atoms with Crippen LogP contribution in [0, 0.1) is 29.6 Å². The number of hydrogen-bond donors (Lipinski definition) is 6. The van der Waals surface area contributed by atoms with Gasteiger partial charge in [0.2, 0.25) is 11.9 Å². The molecule has 3 aliphatic carbocycles. The van der Waals surface area contributed by atoms with E-state index < -0.39 is 60.1 Å². The van der Waals surface area contributed by atoms with Crippen LogP contribution in [0.3, 0.4) is 0 Å². The molecule has 4 aliphatic rings. The number of carbonyl (C=O) groups is 4. The predicted octanol–water partition coefficient (Wildman–Crippen LogP) is 6.57. The first-order valence-electron chi connectivity index (χ1n) is 24.4. The minimum atomic E-state index is -0.985. The van der Waals surface area contributed by atoms with E-state index in [-0.39, 0.29) is 41.7 Å². The second-order valence-electron chi connectivity index (χ2n) is 21.5. The monoisotopic (exact) mass is 970 g/mol. The van der Waals surface area contributed by atoms with Crippen LogP contribution in [0.2, 0.25) is 0 Å². The highest BCUT2D eigenvalue weighted by molar-refractivity contribution is 6.03. The standard InChI is InChI=1S/C53H75N7O10/c1-30-35-25-41(30)31(2)42(26-35)56-48(64)45-44(32(3)62)43(29-61)70-60(45)27-34-19-16-20-40(46(34)67-12)36-22-37(47(63)54-39(28-59(10)11)21-33-17-14-13-15-18-33)24-38(23-36)55-49(57-50(65)68-52(4,5)6)58-51(66)69-53(7,8)9/h13-20,22-24,30-32,35,39,41-45,61-62H,21,25-29H2,1-12H3,(H,54,63)(H,56,64)(H2,55,57,58,65,66)/t30?,31-,32-,35+,39-,41+,42-,43-,44+,45-/m0/s1. The van der Waals surface area contributed by atoms with E-state index in [1.165, 1.54) is 18.6 Å². The van der Waals surface area contributed by atoms with Gasteiger partial charge in [-0.1, -0.05) is 62.4 Å². The van der Waals surface area contributed by atoms with Crippen LogP contribution in [0.25, 0.3) is 11.1 Å². The zero-order chi connectivity index (χ0) is 51.2. The lowest BCUT2D eigenvalue weighted by Gasteiger charge is -2.55. The fraction of sp³-hybridized carbons (Fsp3) is 0.566. The van der Waals surface area contributed by atoms with E-state index in [1.54, 1.807) is 66.7 Å². The number of alkyl carbamates (subject to hydrolysis) is 2. The largest absolute Gasteiger partial charge is 0.496 e. The average Bonchev–Trinajstić information content (AvgIpc) is 3.63. The van der Waals surface area contributed by atoms with Gasteiger partial charge in [0, 0.05) is 41.2 Å². The number of hydroxylamine groups is 2. The van der Waals surface area contributed by atoms with Gasteiger partial charge in [0.25, 0.3) is 5.91 Å². The zero-order valence-corrected chi connectivity index (χ0v) is 42.9. The Hall–Kier alpha value is -5.59. The van der Waals surface area contributed by atoms with Crippen molar-refractivity contribution in [1.82, 2.24) is 31.2 Å². The summed E-state index contributed by atoms with van der Waals surface area (Å²) in [7, 11) is 5.38. The lowest BCUT2D eigenvalue weighted by molar-refractivity contribution is -0.182. The summed E-state index contributed by atoms with van der Waals surface area (Å²) in [6, 6.07) is 19.0. The fourth-order valence-corrected chi connectivity index (χ4v) is 10.2. The number of aliphatic imine (C=N–C) groups is 1. The topological polar surface area (TPSA) is 213 Å². The third kappa shape index (κ3) is 13.8. The van der Waals surface area contributed by atoms with Crippen molar-refractivity contribution in [3.05, 3.63) is 83.4 Å². The molecule has 3 saturated carbocycles. The maximum Gasteiger partial charge on any atom is 0.414 e. The molecule has 4 amide bonds. The number of nitrogens with one attached hydrogen (secondary N) is 4. The van der Waals surface area contributed by atoms with Gasteiger partial charge in [0.05, 0.1) is 32.1 Å². The van der Waals surface area contributed by atoms with E-state index in [0.29, 0.717) is 59.1 Å². The molecular weight excluding hydrogens is 895 g/mol. The average molecular weight is 970 g/mol. The summed E-state index contributed by atoms with van der Waals surface area (Å²) in [5, 5.41) is 34.7. The van der Waals surface area contributed by atoms with E-state index in [9.17, 15) is 29.4 Å². The highest BCUT2D eigenvalue weighted by Gasteiger charge is 2.53. The van der Waals surface area contributed by atoms with Crippen LogP contribution in [-0.4, -0.2) is 126 Å². The maximum absolute atomic E-state index is 14.5. The Morgan fingerprint density at radius 2 is 1.56 bits per heavy atom. The number of hydrogen-bond acceptors (Lipinski definition) is 13. The molecule has 17 heteroatoms. The Bertz CT molecular complexity index is 2310. The van der Waals surface area contributed by atoms with E-state index in [2.05, 4.69) is 40.1 Å². The van der Waals surface area contributed by atoms with Crippen molar-refractivity contribution in [2.24, 2.45) is 34.6 Å². The molecule has 4 fully saturated rings. The molecule has 10 atom stereocenters. The van der Waals surface area contributed by atoms with Crippen LogP contribution in [0.1, 0.15) is 96.6 Å². The minimum Gasteiger partial charge on any atom is -0.496 e. The van der Waals surface area contributed by atoms with Crippen molar-refractivity contribution in [1.29, 1.82) is 0 Å². The molecule has 0 aromatic heterocycles. The first kappa shape index (κ1) is 53.8. The molecule has 0 spiro atoms. The molecule has 70 heavy (non-hydrogen) atoms. The normalized spacial score (nSPS) is 24.1. The summed E-state index contributed by atoms with van der Waals surface area (Å²) in [5.41, 5.74) is 1.28. The van der Waals surface area contributed by atoms with E-state index in [4.69, 9.17) is 19.0 Å². The van der Waals surface area contributed by atoms with Gasteiger partial charge in [0.1, 0.15) is 29.1 Å². The molecule has 382 valence electrons. The third-order valence-electron chi connectivity index (χ3n) is 13.4. The van der Waals surface area contributed by atoms with Crippen molar-refractivity contribution in [3.8, 4) is 16.9 Å². The number of nitrogens with zero attached hydrogens (tertiary/aromatic N) is 3. The molecular formula is C53H75N7O10. The van der Waals surface area contributed by atoms with E-state index >= 15 is 0 Å². The Balaban J connectivity index is 1.41. The lowest BCUT2D eigenvalue weighted by atomic mass is 9.52. The minimum absolute atomic E-state index is 0.0213. The Morgan fingerprint density at radius 3 is 2.11 bits per heavy atom. The predicted molar refractivity (Wildman–Crippen MR) is 267 cm³/mol. The van der Waals surface area contributed by atoms with Crippen LogP contribution in [-0.2, 0) is 32.1 Å². The Kier molecular flexibility index (Phi) is 17.4. The van der Waals surface area contributed by atoms with Gasteiger partial charge in [0.15, 0.2) is 0 Å². The summed E-state index contributed by atoms with van der Waals surface area (Å²) in [6.07, 6.45) is -1.01. The van der Waals surface area contributed by atoms with Gasteiger partial charge >= 0.3 is 12.2 Å². The number of guanidine groups is 1. The smallest absolute Gasteiger partial charge is 0.414 e. The highest BCUT2D eigenvalue weighted by Crippen LogP contribution is 2.53. The summed E-state index contributed by atoms with van der Waals surface area (Å²) in [5.74, 6) is 0.672. The van der Waals surface area contributed by atoms with Gasteiger partial charge in [-0.05, 0) is 135 Å². The number of likely N-dealkylation sites (N-methyl/N-ethyl adjacent to an activating group) is 1. The van der Waals surface area contributed by atoms with Crippen molar-refractivity contribution >= 4 is 35.6 Å². The second kappa shape index (κ2) is 22.7. The fourth-order valence-electron chi connectivity index (χ4n) is 10.2. The van der Waals surface area contributed by atoms with E-state index in [1.807, 2.05) is 67.5 Å². The molecule has 1 aliphatic heterocycles. The first-order valence-corrected chi connectivity index (χ1v) is 24.4. The lowest BCUT2D eigenvalue weighted by Crippen LogP contribution is -2.59. The number of methoxy groups -OCH3 is 1. The Morgan fingerprint density at radius 1 is 0.900 bits per heavy atom. The van der Waals surface area contributed by atoms with E-state index in [0.717, 1.165) is 12.0 Å². The quantitative estimate of drug-likeness (QED) is 0.0705. The number of carbonyl (C=O) groups excluding carboxylic acids is 4. The SMILES string of the molecule is COc1c(CN2O[C@@H](CO)[C@@H]([C@H](C)O)[C@H]2C(=O)N[C@H]2C[C@H]3C[C@H](C3C)[C@@H]2C)cccc1-c1cc(N=C(NC(=O)OC(C)(C)C)NC(=O)OC(C)(C)C)cc(C(=O)N[C@@H](Cc2ccccc2)CN(C)C)c1. The van der Waals surface area contributed by atoms with Crippen LogP contribution in [0.5, 0.6) is 5.75 Å². The number of amides is 4. The van der Waals surface area contributed by atoms with Crippen LogP contribution in [0.4, 0.5) is 15.3 Å². The van der Waals surface area contributed by atoms with Crippen LogP contribution >= 0.6 is 0 Å². The number of fused-ring (bicyclic) bond motifs is 2. The number of rotatable bonds is 15. The maximum atomic E-state index is 14.5. The van der Waals surface area contributed by atoms with Gasteiger partial charge in [-0.15, -0.1) is 0 Å². The number of para-hydroxylation sites is 1. The van der Waals surface area contributed by atoms with Gasteiger partial charge in [-0.25, -0.2) is 14.6 Å². The van der Waals surface area contributed by atoms with Crippen molar-refractivity contribution < 1.29 is 48.4 Å².